The molecule has 0 spiro atoms. The Balaban J connectivity index is 1.21. The van der Waals surface area contributed by atoms with Gasteiger partial charge in [0.2, 0.25) is 5.52 Å². The van der Waals surface area contributed by atoms with Gasteiger partial charge in [0.25, 0.3) is 5.01 Å². The van der Waals surface area contributed by atoms with Crippen LogP contribution in [0.5, 0.6) is 0 Å². The van der Waals surface area contributed by atoms with Crippen molar-refractivity contribution in [1.29, 1.82) is 0 Å². The number of allylic oxidation sites excluding steroid dienone is 4. The maximum atomic E-state index is 10.5. The molecule has 0 atom stereocenters. The summed E-state index contributed by atoms with van der Waals surface area (Å²) in [7, 11) is 0. The van der Waals surface area contributed by atoms with E-state index in [4.69, 9.17) is 38.6 Å². The van der Waals surface area contributed by atoms with Gasteiger partial charge in [0.15, 0.2) is 6.54 Å². The number of fused-ring (bicyclic) bond motifs is 2. The van der Waals surface area contributed by atoms with E-state index in [0.29, 0.717) is 79.2 Å². The molecule has 2 aromatic carbocycles. The van der Waals surface area contributed by atoms with Crippen LogP contribution in [0.4, 0.5) is 5.69 Å². The van der Waals surface area contributed by atoms with Crippen molar-refractivity contribution in [2.45, 2.75) is 24.3 Å². The molecule has 0 fully saturated rings. The van der Waals surface area contributed by atoms with Crippen molar-refractivity contribution in [2.24, 2.45) is 0 Å². The molecule has 4 rings (SSSR count). The summed E-state index contributed by atoms with van der Waals surface area (Å²) in [6, 6.07) is 16.7. The maximum absolute atomic E-state index is 10.5. The molecule has 1 aliphatic heterocycles. The van der Waals surface area contributed by atoms with Crippen LogP contribution in [0.25, 0.3) is 16.3 Å². The number of aromatic nitrogens is 1. The fourth-order valence-corrected chi connectivity index (χ4v) is 7.07. The van der Waals surface area contributed by atoms with Gasteiger partial charge in [0, 0.05) is 23.6 Å². The zero-order valence-corrected chi connectivity index (χ0v) is 30.3. The molecule has 12 nitrogen and oxygen atoms in total. The van der Waals surface area contributed by atoms with Gasteiger partial charge in [-0.1, -0.05) is 65.6 Å². The second-order valence-corrected chi connectivity index (χ2v) is 13.1. The van der Waals surface area contributed by atoms with Crippen LogP contribution in [-0.4, -0.2) is 108 Å². The number of carbonyl (C=O) groups is 2. The summed E-state index contributed by atoms with van der Waals surface area (Å²) >= 11 is 3.48. The Hall–Kier alpha value is -3.60. The number of thioether (sulfide) groups is 1. The van der Waals surface area contributed by atoms with E-state index in [2.05, 4.69) is 70.2 Å². The molecule has 1 aliphatic rings. The Morgan fingerprint density at radius 3 is 1.90 bits per heavy atom. The first kappa shape index (κ1) is 40.2. The number of anilines is 1. The molecular weight excluding hydrogens is 697 g/mol. The highest BCUT2D eigenvalue weighted by atomic mass is 32.2. The molecule has 2 heterocycles. The molecule has 0 unspecified atom stereocenters. The molecule has 0 radical (unpaired) electrons. The maximum Gasteiger partial charge on any atom is 0.305 e. The van der Waals surface area contributed by atoms with Gasteiger partial charge in [0.05, 0.1) is 96.2 Å². The predicted molar refractivity (Wildman–Crippen MR) is 197 cm³/mol. The minimum Gasteiger partial charge on any atom is -0.481 e. The fourth-order valence-electron chi connectivity index (χ4n) is 4.87. The lowest BCUT2D eigenvalue weighted by Crippen LogP contribution is -2.37. The van der Waals surface area contributed by atoms with Gasteiger partial charge in [-0.2, -0.15) is 4.57 Å². The number of carboxylic acid groups (broad SMARTS) is 2. The van der Waals surface area contributed by atoms with Gasteiger partial charge < -0.3 is 43.5 Å². The molecule has 1 aromatic heterocycles. The monoisotopic (exact) mass is 743 g/mol. The van der Waals surface area contributed by atoms with E-state index in [-0.39, 0.29) is 26.1 Å². The van der Waals surface area contributed by atoms with Crippen LogP contribution in [0.2, 0.25) is 0 Å². The summed E-state index contributed by atoms with van der Waals surface area (Å²) in [6.45, 7) is 6.23. The highest BCUT2D eigenvalue weighted by molar-refractivity contribution is 8.03. The van der Waals surface area contributed by atoms with Crippen LogP contribution >= 0.6 is 23.1 Å². The van der Waals surface area contributed by atoms with E-state index in [9.17, 15) is 9.59 Å². The Morgan fingerprint density at radius 2 is 1.24 bits per heavy atom. The topological polar surface area (TPSA) is 137 Å². The van der Waals surface area contributed by atoms with E-state index in [1.165, 1.54) is 9.60 Å². The number of nitrogens with zero attached hydrogens (tertiary/aromatic N) is 2. The third-order valence-electron chi connectivity index (χ3n) is 7.30. The molecule has 0 aliphatic carbocycles. The summed E-state index contributed by atoms with van der Waals surface area (Å²) in [6.07, 6.45) is 10.4. The number of ether oxygens (including phenoxy) is 6. The lowest BCUT2D eigenvalue weighted by Gasteiger charge is -2.20. The first-order valence-corrected chi connectivity index (χ1v) is 18.6. The van der Waals surface area contributed by atoms with Crippen molar-refractivity contribution >= 4 is 57.0 Å². The Morgan fingerprint density at radius 1 is 0.667 bits per heavy atom. The average molecular weight is 744 g/mol. The van der Waals surface area contributed by atoms with Crippen molar-refractivity contribution in [3.63, 3.8) is 0 Å². The molecule has 14 heteroatoms. The molecule has 0 saturated carbocycles. The molecule has 0 saturated heterocycles. The summed E-state index contributed by atoms with van der Waals surface area (Å²) < 4.78 is 36.6. The standard InChI is InChI=1S/C37H46N2O10S2/c40-36(41)14-18-44-22-26-48-28-24-46-20-16-38-30-8-4-6-10-32(30)50-34(38)12-2-1-3-13-35-39(31-9-5-7-11-33(31)51-35)17-21-47-25-29-49-27-23-45-19-15-37(42)43/h1-13H,14-29H2,(H-,40,41,42,43)/p+1. The van der Waals surface area contributed by atoms with Gasteiger partial charge in [-0.25, -0.2) is 0 Å². The number of hydrogen-bond acceptors (Lipinski definition) is 11. The first-order valence-electron chi connectivity index (χ1n) is 16.9. The zero-order valence-electron chi connectivity index (χ0n) is 28.7. The van der Waals surface area contributed by atoms with Gasteiger partial charge in [-0.15, -0.1) is 0 Å². The summed E-state index contributed by atoms with van der Waals surface area (Å²) in [4.78, 5) is 24.5. The van der Waals surface area contributed by atoms with Crippen LogP contribution in [0.15, 0.2) is 82.8 Å². The largest absolute Gasteiger partial charge is 0.481 e. The van der Waals surface area contributed by atoms with Crippen LogP contribution in [0.1, 0.15) is 17.8 Å². The number of rotatable bonds is 27. The average Bonchev–Trinajstić information content (AvgIpc) is 3.66. The smallest absolute Gasteiger partial charge is 0.305 e. The normalized spacial score (nSPS) is 13.7. The first-order chi connectivity index (χ1) is 25.0. The quantitative estimate of drug-likeness (QED) is 0.0599. The summed E-state index contributed by atoms with van der Waals surface area (Å²) in [5.41, 5.74) is 2.33. The SMILES string of the molecule is O=C(O)CCOCCOCCOCCN1C(=CC=CC=Cc2sc3ccccc3[n+]2CCOCCOCCOCCC(=O)O)Sc2ccccc21. The third kappa shape index (κ3) is 14.9. The van der Waals surface area contributed by atoms with Gasteiger partial charge in [-0.3, -0.25) is 9.59 Å². The number of para-hydroxylation sites is 2. The van der Waals surface area contributed by atoms with Crippen LogP contribution in [0.3, 0.4) is 0 Å². The highest BCUT2D eigenvalue weighted by Crippen LogP contribution is 2.45. The van der Waals surface area contributed by atoms with Gasteiger partial charge in [0.1, 0.15) is 11.3 Å². The van der Waals surface area contributed by atoms with Gasteiger partial charge >= 0.3 is 11.9 Å². The Kier molecular flexibility index (Phi) is 18.7. The number of carboxylic acids is 2. The molecule has 51 heavy (non-hydrogen) atoms. The number of benzene rings is 2. The van der Waals surface area contributed by atoms with Gasteiger partial charge in [-0.05, 0) is 24.3 Å². The van der Waals surface area contributed by atoms with Crippen molar-refractivity contribution < 1.29 is 52.8 Å². The number of thiazole rings is 1. The molecule has 3 aromatic rings. The predicted octanol–water partition coefficient (Wildman–Crippen LogP) is 5.26. The Bertz CT molecular complexity index is 1590. The zero-order chi connectivity index (χ0) is 35.9. The van der Waals surface area contributed by atoms with Crippen molar-refractivity contribution in [3.8, 4) is 0 Å². The minimum absolute atomic E-state index is 0.00791. The van der Waals surface area contributed by atoms with Crippen molar-refractivity contribution in [2.75, 3.05) is 90.7 Å². The van der Waals surface area contributed by atoms with E-state index >= 15 is 0 Å². The lowest BCUT2D eigenvalue weighted by atomic mass is 10.3. The second-order valence-electron chi connectivity index (χ2n) is 11.0. The van der Waals surface area contributed by atoms with Crippen LogP contribution < -0.4 is 9.47 Å². The van der Waals surface area contributed by atoms with Crippen LogP contribution in [0, 0.1) is 0 Å². The van der Waals surface area contributed by atoms with Crippen molar-refractivity contribution in [3.05, 3.63) is 82.9 Å². The van der Waals surface area contributed by atoms with E-state index in [0.717, 1.165) is 21.2 Å². The van der Waals surface area contributed by atoms with E-state index in [1.54, 1.807) is 23.1 Å². The highest BCUT2D eigenvalue weighted by Gasteiger charge is 2.24. The molecular formula is C37H47N2O10S2+. The second kappa shape index (κ2) is 23.8. The summed E-state index contributed by atoms with van der Waals surface area (Å²) in [5.74, 6) is -1.75. The molecule has 2 N–H and O–H groups in total. The number of hydrogen-bond donors (Lipinski definition) is 2. The summed E-state index contributed by atoms with van der Waals surface area (Å²) in [5, 5.41) is 19.5. The fraction of sp³-hybridized carbons (Fsp3) is 0.432. The molecule has 0 amide bonds. The van der Waals surface area contributed by atoms with E-state index in [1.807, 2.05) is 18.2 Å². The Labute approximate surface area is 306 Å². The lowest BCUT2D eigenvalue weighted by molar-refractivity contribution is -0.670. The molecule has 276 valence electrons. The van der Waals surface area contributed by atoms with Crippen LogP contribution in [-0.2, 0) is 44.6 Å². The van der Waals surface area contributed by atoms with E-state index < -0.39 is 11.9 Å². The minimum atomic E-state index is -0.873. The third-order valence-corrected chi connectivity index (χ3v) is 9.56. The van der Waals surface area contributed by atoms with Crippen molar-refractivity contribution in [1.82, 2.24) is 0 Å². The number of aliphatic carboxylic acids is 2. The molecule has 0 bridgehead atoms.